The van der Waals surface area contributed by atoms with Crippen LogP contribution >= 0.6 is 0 Å². The minimum Gasteiger partial charge on any atom is -0.330 e. The maximum atomic E-state index is 12.1. The number of aryl methyl sites for hydroxylation is 2. The van der Waals surface area contributed by atoms with E-state index in [1.807, 2.05) is 19.1 Å². The van der Waals surface area contributed by atoms with Gasteiger partial charge in [0.25, 0.3) is 6.08 Å². The van der Waals surface area contributed by atoms with Gasteiger partial charge in [-0.15, -0.1) is 0 Å². The predicted molar refractivity (Wildman–Crippen MR) is 63.4 cm³/mol. The maximum absolute atomic E-state index is 12.1. The van der Waals surface area contributed by atoms with Crippen molar-refractivity contribution in [3.8, 4) is 0 Å². The molecule has 1 nitrogen and oxygen atoms in total. The molecule has 0 saturated heterocycles. The minimum atomic E-state index is -1.65. The van der Waals surface area contributed by atoms with Crippen LogP contribution in [0.2, 0.25) is 0 Å². The van der Waals surface area contributed by atoms with Gasteiger partial charge in [-0.3, -0.25) is 0 Å². The largest absolute Gasteiger partial charge is 0.330 e. The third-order valence-electron chi connectivity index (χ3n) is 2.35. The molecule has 3 heteroatoms. The monoisotopic (exact) mass is 225 g/mol. The van der Waals surface area contributed by atoms with Crippen molar-refractivity contribution in [3.05, 3.63) is 41.0 Å². The van der Waals surface area contributed by atoms with Crippen LogP contribution in [0.5, 0.6) is 0 Å². The van der Waals surface area contributed by atoms with E-state index in [4.69, 9.17) is 5.73 Å². The quantitative estimate of drug-likeness (QED) is 0.762. The van der Waals surface area contributed by atoms with Gasteiger partial charge < -0.3 is 5.73 Å². The van der Waals surface area contributed by atoms with Crippen LogP contribution in [-0.2, 0) is 6.42 Å². The summed E-state index contributed by atoms with van der Waals surface area (Å²) in [5.41, 5.74) is 8.09. The predicted octanol–water partition coefficient (Wildman–Crippen LogP) is 3.51. The van der Waals surface area contributed by atoms with Gasteiger partial charge in [0, 0.05) is 6.08 Å². The van der Waals surface area contributed by atoms with Gasteiger partial charge in [0.05, 0.1) is 0 Å². The zero-order valence-corrected chi connectivity index (χ0v) is 9.47. The Hall–Kier alpha value is -1.22. The lowest BCUT2D eigenvalue weighted by Gasteiger charge is -2.04. The van der Waals surface area contributed by atoms with Crippen molar-refractivity contribution >= 4 is 6.08 Å². The summed E-state index contributed by atoms with van der Waals surface area (Å²) in [6.07, 6.45) is 2.11. The standard InChI is InChI=1S/C13H17F2N/c1-10-6-11(4-2-3-5-16)8-12(7-10)9-13(14)15/h6-9H,2-5,16H2,1H3. The van der Waals surface area contributed by atoms with E-state index in [2.05, 4.69) is 0 Å². The molecule has 0 saturated carbocycles. The summed E-state index contributed by atoms with van der Waals surface area (Å²) in [4.78, 5) is 0. The van der Waals surface area contributed by atoms with E-state index in [0.29, 0.717) is 12.1 Å². The van der Waals surface area contributed by atoms with E-state index in [1.54, 1.807) is 6.07 Å². The molecule has 0 bridgehead atoms. The van der Waals surface area contributed by atoms with Gasteiger partial charge >= 0.3 is 0 Å². The van der Waals surface area contributed by atoms with Crippen LogP contribution in [0.15, 0.2) is 24.3 Å². The molecule has 0 aliphatic rings. The SMILES string of the molecule is Cc1cc(C=C(F)F)cc(CCCCN)c1. The molecular formula is C13H17F2N. The minimum absolute atomic E-state index is 0.572. The molecule has 0 aliphatic heterocycles. The van der Waals surface area contributed by atoms with E-state index >= 15 is 0 Å². The van der Waals surface area contributed by atoms with Crippen LogP contribution in [0.3, 0.4) is 0 Å². The smallest absolute Gasteiger partial charge is 0.270 e. The third-order valence-corrected chi connectivity index (χ3v) is 2.35. The van der Waals surface area contributed by atoms with Crippen LogP contribution in [0.25, 0.3) is 6.08 Å². The first-order valence-electron chi connectivity index (χ1n) is 5.45. The van der Waals surface area contributed by atoms with Crippen molar-refractivity contribution in [2.45, 2.75) is 26.2 Å². The van der Waals surface area contributed by atoms with Crippen molar-refractivity contribution in [2.24, 2.45) is 5.73 Å². The van der Waals surface area contributed by atoms with Crippen molar-refractivity contribution in [1.82, 2.24) is 0 Å². The van der Waals surface area contributed by atoms with Gasteiger partial charge in [0.2, 0.25) is 0 Å². The van der Waals surface area contributed by atoms with Crippen LogP contribution < -0.4 is 5.73 Å². The molecule has 16 heavy (non-hydrogen) atoms. The average molecular weight is 225 g/mol. The van der Waals surface area contributed by atoms with Crippen LogP contribution in [-0.4, -0.2) is 6.54 Å². The lowest BCUT2D eigenvalue weighted by molar-refractivity contribution is 0.429. The van der Waals surface area contributed by atoms with Gasteiger partial charge in [-0.25, -0.2) is 0 Å². The Bertz CT molecular complexity index is 368. The molecular weight excluding hydrogens is 208 g/mol. The molecule has 1 aromatic carbocycles. The van der Waals surface area contributed by atoms with Crippen molar-refractivity contribution in [2.75, 3.05) is 6.54 Å². The molecule has 0 unspecified atom stereocenters. The van der Waals surface area contributed by atoms with Gasteiger partial charge in [-0.2, -0.15) is 8.78 Å². The Labute approximate surface area is 95.0 Å². The number of rotatable bonds is 5. The maximum Gasteiger partial charge on any atom is 0.270 e. The molecule has 0 spiro atoms. The summed E-state index contributed by atoms with van der Waals surface area (Å²) in [6, 6.07) is 5.60. The highest BCUT2D eigenvalue weighted by atomic mass is 19.3. The van der Waals surface area contributed by atoms with E-state index in [9.17, 15) is 8.78 Å². The molecule has 0 radical (unpaired) electrons. The van der Waals surface area contributed by atoms with Crippen LogP contribution in [0.1, 0.15) is 29.5 Å². The number of hydrogen-bond acceptors (Lipinski definition) is 1. The van der Waals surface area contributed by atoms with Gasteiger partial charge in [0.15, 0.2) is 0 Å². The summed E-state index contributed by atoms with van der Waals surface area (Å²) >= 11 is 0. The second-order valence-corrected chi connectivity index (χ2v) is 3.93. The van der Waals surface area contributed by atoms with Crippen LogP contribution in [0.4, 0.5) is 8.78 Å². The highest BCUT2D eigenvalue weighted by molar-refractivity contribution is 5.52. The Morgan fingerprint density at radius 3 is 2.62 bits per heavy atom. The summed E-state index contributed by atoms with van der Waals surface area (Å²) in [5.74, 6) is 0. The number of benzene rings is 1. The Kier molecular flexibility index (Phi) is 5.12. The van der Waals surface area contributed by atoms with E-state index in [1.165, 1.54) is 0 Å². The van der Waals surface area contributed by atoms with Crippen molar-refractivity contribution < 1.29 is 8.78 Å². The molecule has 0 fully saturated rings. The summed E-state index contributed by atoms with van der Waals surface area (Å²) in [7, 11) is 0. The van der Waals surface area contributed by atoms with Crippen molar-refractivity contribution in [3.63, 3.8) is 0 Å². The van der Waals surface area contributed by atoms with Gasteiger partial charge in [-0.05, 0) is 43.9 Å². The second-order valence-electron chi connectivity index (χ2n) is 3.93. The molecule has 1 rings (SSSR count). The zero-order valence-electron chi connectivity index (χ0n) is 9.47. The molecule has 0 heterocycles. The lowest BCUT2D eigenvalue weighted by atomic mass is 10.0. The van der Waals surface area contributed by atoms with E-state index in [0.717, 1.165) is 36.5 Å². The first kappa shape index (κ1) is 12.8. The Balaban J connectivity index is 2.77. The van der Waals surface area contributed by atoms with E-state index in [-0.39, 0.29) is 0 Å². The molecule has 0 aliphatic carbocycles. The number of hydrogen-bond donors (Lipinski definition) is 1. The molecule has 1 aromatic rings. The zero-order chi connectivity index (χ0) is 12.0. The number of unbranched alkanes of at least 4 members (excludes halogenated alkanes) is 1. The number of halogens is 2. The van der Waals surface area contributed by atoms with E-state index < -0.39 is 6.08 Å². The van der Waals surface area contributed by atoms with Crippen molar-refractivity contribution in [1.29, 1.82) is 0 Å². The average Bonchev–Trinajstić information content (AvgIpc) is 2.16. The first-order valence-corrected chi connectivity index (χ1v) is 5.45. The fraction of sp³-hybridized carbons (Fsp3) is 0.385. The molecule has 0 amide bonds. The molecule has 0 aromatic heterocycles. The topological polar surface area (TPSA) is 26.0 Å². The van der Waals surface area contributed by atoms with Gasteiger partial charge in [0.1, 0.15) is 0 Å². The summed E-state index contributed by atoms with van der Waals surface area (Å²) in [5, 5.41) is 0. The fourth-order valence-corrected chi connectivity index (χ4v) is 1.72. The van der Waals surface area contributed by atoms with Crippen LogP contribution in [0, 0.1) is 6.92 Å². The first-order chi connectivity index (χ1) is 7.61. The highest BCUT2D eigenvalue weighted by Crippen LogP contribution is 2.15. The molecule has 88 valence electrons. The molecule has 0 atom stereocenters. The molecule has 2 N–H and O–H groups in total. The van der Waals surface area contributed by atoms with Gasteiger partial charge in [-0.1, -0.05) is 23.8 Å². The Morgan fingerprint density at radius 1 is 1.25 bits per heavy atom. The lowest BCUT2D eigenvalue weighted by Crippen LogP contribution is -1.99. The third kappa shape index (κ3) is 4.53. The fourth-order valence-electron chi connectivity index (χ4n) is 1.72. The summed E-state index contributed by atoms with van der Waals surface area (Å²) in [6.45, 7) is 2.59. The second kappa shape index (κ2) is 6.38. The number of nitrogens with two attached hydrogens (primary N) is 1. The highest BCUT2D eigenvalue weighted by Gasteiger charge is 1.99. The normalized spacial score (nSPS) is 10.2. The Morgan fingerprint density at radius 2 is 2.00 bits per heavy atom. The summed E-state index contributed by atoms with van der Waals surface area (Å²) < 4.78 is 24.3.